The van der Waals surface area contributed by atoms with E-state index in [4.69, 9.17) is 0 Å². The third-order valence-corrected chi connectivity index (χ3v) is 8.88. The van der Waals surface area contributed by atoms with E-state index in [9.17, 15) is 4.79 Å². The molecule has 5 fully saturated rings. The maximum atomic E-state index is 13.3. The van der Waals surface area contributed by atoms with E-state index < -0.39 is 0 Å². The number of rotatable bonds is 3. The molecule has 1 aromatic rings. The standard InChI is InChI=1S/C25H34N2O/c28-24(15-25-12-18-9-19(13-25)11-20(10-18)14-25)27-8-6-23(17-27)26-7-5-21-3-1-2-4-22(21)16-26/h1-4,18-20,23H,5-17H2. The molecule has 3 nitrogen and oxygen atoms in total. The molecule has 0 radical (unpaired) electrons. The lowest BCUT2D eigenvalue weighted by Gasteiger charge is -2.56. The normalized spacial score (nSPS) is 39.4. The largest absolute Gasteiger partial charge is 0.341 e. The minimum Gasteiger partial charge on any atom is -0.341 e. The molecule has 4 saturated carbocycles. The van der Waals surface area contributed by atoms with Crippen molar-refractivity contribution >= 4 is 5.91 Å². The highest BCUT2D eigenvalue weighted by Crippen LogP contribution is 2.61. The molecule has 1 atom stereocenters. The maximum Gasteiger partial charge on any atom is 0.223 e. The van der Waals surface area contributed by atoms with Gasteiger partial charge in [-0.1, -0.05) is 24.3 Å². The second-order valence-electron chi connectivity index (χ2n) is 10.9. The molecule has 1 aromatic carbocycles. The summed E-state index contributed by atoms with van der Waals surface area (Å²) in [6, 6.07) is 9.45. The summed E-state index contributed by atoms with van der Waals surface area (Å²) in [6.45, 7) is 4.16. The molecule has 0 aromatic heterocycles. The zero-order chi connectivity index (χ0) is 18.7. The molecule has 1 saturated heterocycles. The van der Waals surface area contributed by atoms with Gasteiger partial charge in [-0.3, -0.25) is 9.69 Å². The fraction of sp³-hybridized carbons (Fsp3) is 0.720. The number of benzene rings is 1. The van der Waals surface area contributed by atoms with Gasteiger partial charge >= 0.3 is 0 Å². The Labute approximate surface area is 169 Å². The Morgan fingerprint density at radius 1 is 0.964 bits per heavy atom. The zero-order valence-corrected chi connectivity index (χ0v) is 17.1. The SMILES string of the molecule is O=C(CC12CC3CC(CC(C3)C1)C2)N1CCC(N2CCc3ccccc3C2)C1. The van der Waals surface area contributed by atoms with Crippen molar-refractivity contribution in [2.45, 2.75) is 70.4 Å². The van der Waals surface area contributed by atoms with Gasteiger partial charge in [0.25, 0.3) is 0 Å². The van der Waals surface area contributed by atoms with Gasteiger partial charge in [0.2, 0.25) is 5.91 Å². The summed E-state index contributed by atoms with van der Waals surface area (Å²) in [7, 11) is 0. The van der Waals surface area contributed by atoms with E-state index in [2.05, 4.69) is 34.1 Å². The highest BCUT2D eigenvalue weighted by Gasteiger charge is 2.52. The summed E-state index contributed by atoms with van der Waals surface area (Å²) in [5.41, 5.74) is 3.40. The predicted molar refractivity (Wildman–Crippen MR) is 111 cm³/mol. The lowest BCUT2D eigenvalue weighted by atomic mass is 9.49. The van der Waals surface area contributed by atoms with Crippen molar-refractivity contribution in [2.75, 3.05) is 19.6 Å². The van der Waals surface area contributed by atoms with Crippen molar-refractivity contribution < 1.29 is 4.79 Å². The van der Waals surface area contributed by atoms with E-state index in [0.717, 1.165) is 63.2 Å². The van der Waals surface area contributed by atoms with Gasteiger partial charge in [-0.05, 0) is 85.7 Å². The number of likely N-dealkylation sites (tertiary alicyclic amines) is 1. The third kappa shape index (κ3) is 3.01. The van der Waals surface area contributed by atoms with Crippen LogP contribution in [0.15, 0.2) is 24.3 Å². The Balaban J connectivity index is 1.09. The molecule has 2 heterocycles. The molecular formula is C25H34N2O. The number of amides is 1. The van der Waals surface area contributed by atoms with E-state index in [1.165, 1.54) is 49.7 Å². The first-order valence-corrected chi connectivity index (χ1v) is 11.7. The summed E-state index contributed by atoms with van der Waals surface area (Å²) >= 11 is 0. The third-order valence-electron chi connectivity index (χ3n) is 8.88. The minimum atomic E-state index is 0.383. The van der Waals surface area contributed by atoms with Crippen LogP contribution in [0.2, 0.25) is 0 Å². The van der Waals surface area contributed by atoms with Crippen LogP contribution in [0.5, 0.6) is 0 Å². The Morgan fingerprint density at radius 3 is 2.36 bits per heavy atom. The van der Waals surface area contributed by atoms with Gasteiger partial charge in [0.15, 0.2) is 0 Å². The van der Waals surface area contributed by atoms with Crippen LogP contribution in [-0.4, -0.2) is 41.4 Å². The number of fused-ring (bicyclic) bond motifs is 1. The minimum absolute atomic E-state index is 0.383. The summed E-state index contributed by atoms with van der Waals surface area (Å²) in [6.07, 6.45) is 11.6. The molecule has 1 amide bonds. The van der Waals surface area contributed by atoms with E-state index in [-0.39, 0.29) is 0 Å². The molecule has 2 aliphatic heterocycles. The first kappa shape index (κ1) is 17.5. The first-order valence-electron chi connectivity index (χ1n) is 11.7. The Bertz CT molecular complexity index is 736. The lowest BCUT2D eigenvalue weighted by molar-refractivity contribution is -0.138. The van der Waals surface area contributed by atoms with Crippen molar-refractivity contribution in [1.82, 2.24) is 9.80 Å². The van der Waals surface area contributed by atoms with Gasteiger partial charge in [0, 0.05) is 38.6 Å². The topological polar surface area (TPSA) is 23.6 Å². The fourth-order valence-corrected chi connectivity index (χ4v) is 8.03. The summed E-state index contributed by atoms with van der Waals surface area (Å²) in [4.78, 5) is 18.1. The highest BCUT2D eigenvalue weighted by atomic mass is 16.2. The van der Waals surface area contributed by atoms with Crippen LogP contribution in [0.25, 0.3) is 0 Å². The number of carbonyl (C=O) groups excluding carboxylic acids is 1. The van der Waals surface area contributed by atoms with Crippen LogP contribution < -0.4 is 0 Å². The number of carbonyl (C=O) groups is 1. The molecular weight excluding hydrogens is 344 g/mol. The van der Waals surface area contributed by atoms with Gasteiger partial charge in [0.1, 0.15) is 0 Å². The van der Waals surface area contributed by atoms with Crippen LogP contribution in [-0.2, 0) is 17.8 Å². The smallest absolute Gasteiger partial charge is 0.223 e. The van der Waals surface area contributed by atoms with E-state index in [0.29, 0.717) is 17.4 Å². The second kappa shape index (κ2) is 6.58. The van der Waals surface area contributed by atoms with Crippen molar-refractivity contribution in [2.24, 2.45) is 23.2 Å². The van der Waals surface area contributed by atoms with E-state index >= 15 is 0 Å². The number of hydrogen-bond acceptors (Lipinski definition) is 2. The average Bonchev–Trinajstić information content (AvgIpc) is 3.16. The molecule has 1 unspecified atom stereocenters. The molecule has 3 heteroatoms. The summed E-state index contributed by atoms with van der Waals surface area (Å²) in [5, 5.41) is 0. The average molecular weight is 379 g/mol. The van der Waals surface area contributed by atoms with Crippen LogP contribution in [0, 0.1) is 23.2 Å². The van der Waals surface area contributed by atoms with Crippen LogP contribution in [0.3, 0.4) is 0 Å². The molecule has 4 bridgehead atoms. The van der Waals surface area contributed by atoms with Crippen LogP contribution >= 0.6 is 0 Å². The molecule has 28 heavy (non-hydrogen) atoms. The van der Waals surface area contributed by atoms with Crippen molar-refractivity contribution in [1.29, 1.82) is 0 Å². The second-order valence-corrected chi connectivity index (χ2v) is 10.9. The Morgan fingerprint density at radius 2 is 1.64 bits per heavy atom. The predicted octanol–water partition coefficient (Wildman–Crippen LogP) is 4.25. The zero-order valence-electron chi connectivity index (χ0n) is 17.1. The highest BCUT2D eigenvalue weighted by molar-refractivity contribution is 5.77. The first-order chi connectivity index (χ1) is 13.7. The van der Waals surface area contributed by atoms with E-state index in [1.807, 2.05) is 0 Å². The Kier molecular flexibility index (Phi) is 4.12. The quantitative estimate of drug-likeness (QED) is 0.785. The maximum absolute atomic E-state index is 13.3. The fourth-order valence-electron chi connectivity index (χ4n) is 8.03. The van der Waals surface area contributed by atoms with Gasteiger partial charge in [0.05, 0.1) is 0 Å². The Hall–Kier alpha value is -1.35. The lowest BCUT2D eigenvalue weighted by Crippen LogP contribution is -2.48. The summed E-state index contributed by atoms with van der Waals surface area (Å²) in [5.74, 6) is 3.30. The van der Waals surface area contributed by atoms with Gasteiger partial charge < -0.3 is 4.90 Å². The van der Waals surface area contributed by atoms with Crippen molar-refractivity contribution in [3.05, 3.63) is 35.4 Å². The number of hydrogen-bond donors (Lipinski definition) is 0. The number of nitrogens with zero attached hydrogens (tertiary/aromatic N) is 2. The van der Waals surface area contributed by atoms with Gasteiger partial charge in [-0.25, -0.2) is 0 Å². The molecule has 7 rings (SSSR count). The van der Waals surface area contributed by atoms with Crippen molar-refractivity contribution in [3.8, 4) is 0 Å². The van der Waals surface area contributed by atoms with Crippen molar-refractivity contribution in [3.63, 3.8) is 0 Å². The van der Waals surface area contributed by atoms with Gasteiger partial charge in [-0.15, -0.1) is 0 Å². The molecule has 6 aliphatic rings. The molecule has 0 N–H and O–H groups in total. The monoisotopic (exact) mass is 378 g/mol. The molecule has 150 valence electrons. The summed E-state index contributed by atoms with van der Waals surface area (Å²) < 4.78 is 0. The van der Waals surface area contributed by atoms with E-state index in [1.54, 1.807) is 0 Å². The van der Waals surface area contributed by atoms with Crippen LogP contribution in [0.1, 0.15) is 62.5 Å². The molecule has 0 spiro atoms. The van der Waals surface area contributed by atoms with Crippen LogP contribution in [0.4, 0.5) is 0 Å². The van der Waals surface area contributed by atoms with Gasteiger partial charge in [-0.2, -0.15) is 0 Å². The molecule has 4 aliphatic carbocycles.